The number of fused-ring (bicyclic) bond motifs is 1. The Labute approximate surface area is 105 Å². The Balaban J connectivity index is 1.62. The summed E-state index contributed by atoms with van der Waals surface area (Å²) in [4.78, 5) is 0. The van der Waals surface area contributed by atoms with Gasteiger partial charge in [0.2, 0.25) is 0 Å². The van der Waals surface area contributed by atoms with Gasteiger partial charge in [-0.2, -0.15) is 0 Å². The van der Waals surface area contributed by atoms with Crippen molar-refractivity contribution in [2.45, 2.75) is 25.3 Å². The largest absolute Gasteiger partial charge is 0.454 e. The van der Waals surface area contributed by atoms with Gasteiger partial charge in [0.1, 0.15) is 5.76 Å². The minimum atomic E-state index is -0.303. The highest BCUT2D eigenvalue weighted by Gasteiger charge is 2.19. The van der Waals surface area contributed by atoms with Gasteiger partial charge in [-0.15, -0.1) is 0 Å². The Morgan fingerprint density at radius 2 is 2.28 bits per heavy atom. The van der Waals surface area contributed by atoms with E-state index in [1.807, 2.05) is 18.2 Å². The smallest absolute Gasteiger partial charge is 0.170 e. The molecule has 0 radical (unpaired) electrons. The number of halogens is 1. The number of para-hydroxylation sites is 1. The molecule has 1 saturated carbocycles. The Morgan fingerprint density at radius 3 is 3.06 bits per heavy atom. The van der Waals surface area contributed by atoms with Crippen molar-refractivity contribution in [1.82, 2.24) is 5.32 Å². The molecular weight excluding hydrogens is 229 g/mol. The van der Waals surface area contributed by atoms with Gasteiger partial charge in [-0.05, 0) is 44.0 Å². The molecular formula is C15H16FNO. The van der Waals surface area contributed by atoms with Gasteiger partial charge in [0.25, 0.3) is 0 Å². The summed E-state index contributed by atoms with van der Waals surface area (Å²) in [5, 5.41) is 4.25. The van der Waals surface area contributed by atoms with Crippen molar-refractivity contribution in [2.24, 2.45) is 0 Å². The predicted octanol–water partition coefficient (Wildman–Crippen LogP) is 3.73. The second kappa shape index (κ2) is 4.94. The molecule has 2 nitrogen and oxygen atoms in total. The molecule has 0 bridgehead atoms. The minimum absolute atomic E-state index is 0.303. The van der Waals surface area contributed by atoms with E-state index in [2.05, 4.69) is 11.4 Å². The zero-order valence-electron chi connectivity index (χ0n) is 10.2. The van der Waals surface area contributed by atoms with E-state index in [9.17, 15) is 4.39 Å². The number of rotatable bonds is 5. The summed E-state index contributed by atoms with van der Waals surface area (Å²) in [5.74, 6) is 0.407. The second-order valence-electron chi connectivity index (χ2n) is 4.73. The van der Waals surface area contributed by atoms with E-state index >= 15 is 0 Å². The summed E-state index contributed by atoms with van der Waals surface area (Å²) in [5.41, 5.74) is 0.341. The lowest BCUT2D eigenvalue weighted by Crippen LogP contribution is -2.16. The van der Waals surface area contributed by atoms with Crippen molar-refractivity contribution < 1.29 is 8.81 Å². The van der Waals surface area contributed by atoms with Crippen LogP contribution in [0.15, 0.2) is 34.8 Å². The molecule has 3 rings (SSSR count). The highest BCUT2D eigenvalue weighted by molar-refractivity contribution is 5.80. The summed E-state index contributed by atoms with van der Waals surface area (Å²) in [6.45, 7) is 0.996. The van der Waals surface area contributed by atoms with E-state index in [1.165, 1.54) is 18.9 Å². The maximum atomic E-state index is 13.4. The van der Waals surface area contributed by atoms with E-state index in [4.69, 9.17) is 4.42 Å². The van der Waals surface area contributed by atoms with Crippen LogP contribution >= 0.6 is 0 Å². The van der Waals surface area contributed by atoms with Crippen LogP contribution in [-0.2, 0) is 0 Å². The van der Waals surface area contributed by atoms with Crippen molar-refractivity contribution >= 4 is 17.0 Å². The van der Waals surface area contributed by atoms with Gasteiger partial charge in [0, 0.05) is 11.4 Å². The number of nitrogens with one attached hydrogen (secondary N) is 1. The molecule has 0 atom stereocenters. The average Bonchev–Trinajstić information content (AvgIpc) is 3.08. The van der Waals surface area contributed by atoms with Crippen LogP contribution in [0, 0.1) is 5.82 Å². The van der Waals surface area contributed by atoms with Crippen LogP contribution in [0.5, 0.6) is 0 Å². The molecule has 1 fully saturated rings. The number of hydrogen-bond acceptors (Lipinski definition) is 2. The van der Waals surface area contributed by atoms with Gasteiger partial charge in [-0.3, -0.25) is 0 Å². The molecule has 0 amide bonds. The topological polar surface area (TPSA) is 25.2 Å². The first kappa shape index (κ1) is 11.5. The Morgan fingerprint density at radius 1 is 1.39 bits per heavy atom. The highest BCUT2D eigenvalue weighted by atomic mass is 19.1. The molecule has 3 heteroatoms. The molecule has 1 aromatic carbocycles. The molecule has 0 saturated heterocycles. The van der Waals surface area contributed by atoms with Gasteiger partial charge in [0.15, 0.2) is 11.4 Å². The second-order valence-corrected chi connectivity index (χ2v) is 4.73. The molecule has 0 spiro atoms. The highest BCUT2D eigenvalue weighted by Crippen LogP contribution is 2.23. The molecule has 1 N–H and O–H groups in total. The van der Waals surface area contributed by atoms with Crippen molar-refractivity contribution in [3.8, 4) is 0 Å². The maximum Gasteiger partial charge on any atom is 0.170 e. The monoisotopic (exact) mass is 245 g/mol. The zero-order chi connectivity index (χ0) is 12.4. The molecule has 18 heavy (non-hydrogen) atoms. The molecule has 94 valence electrons. The van der Waals surface area contributed by atoms with Crippen LogP contribution in [0.2, 0.25) is 0 Å². The van der Waals surface area contributed by atoms with Gasteiger partial charge in [0.05, 0.1) is 0 Å². The lowest BCUT2D eigenvalue weighted by atomic mass is 10.2. The van der Waals surface area contributed by atoms with E-state index in [-0.39, 0.29) is 5.82 Å². The molecule has 1 aliphatic rings. The molecule has 0 unspecified atom stereocenters. The van der Waals surface area contributed by atoms with Crippen molar-refractivity contribution in [2.75, 3.05) is 6.54 Å². The van der Waals surface area contributed by atoms with Crippen molar-refractivity contribution in [3.63, 3.8) is 0 Å². The first-order valence-electron chi connectivity index (χ1n) is 6.41. The van der Waals surface area contributed by atoms with E-state index in [1.54, 1.807) is 6.07 Å². The summed E-state index contributed by atoms with van der Waals surface area (Å²) in [7, 11) is 0. The fourth-order valence-electron chi connectivity index (χ4n) is 1.99. The van der Waals surface area contributed by atoms with Crippen LogP contribution in [0.3, 0.4) is 0 Å². The fraction of sp³-hybridized carbons (Fsp3) is 0.333. The molecule has 1 aromatic heterocycles. The summed E-state index contributed by atoms with van der Waals surface area (Å²) in [6.07, 6.45) is 7.56. The van der Waals surface area contributed by atoms with E-state index in [0.717, 1.165) is 24.4 Å². The van der Waals surface area contributed by atoms with Gasteiger partial charge >= 0.3 is 0 Å². The Kier molecular flexibility index (Phi) is 3.15. The number of hydrogen-bond donors (Lipinski definition) is 1. The van der Waals surface area contributed by atoms with Crippen LogP contribution < -0.4 is 5.32 Å². The van der Waals surface area contributed by atoms with Crippen LogP contribution in [0.25, 0.3) is 17.0 Å². The first-order chi connectivity index (χ1) is 8.83. The predicted molar refractivity (Wildman–Crippen MR) is 70.8 cm³/mol. The molecule has 1 aliphatic carbocycles. The lowest BCUT2D eigenvalue weighted by Gasteiger charge is -1.96. The first-order valence-corrected chi connectivity index (χ1v) is 6.41. The maximum absolute atomic E-state index is 13.4. The van der Waals surface area contributed by atoms with E-state index < -0.39 is 0 Å². The quantitative estimate of drug-likeness (QED) is 0.812. The summed E-state index contributed by atoms with van der Waals surface area (Å²) >= 11 is 0. The Hall–Kier alpha value is -1.61. The third-order valence-corrected chi connectivity index (χ3v) is 3.12. The zero-order valence-corrected chi connectivity index (χ0v) is 10.2. The van der Waals surface area contributed by atoms with Gasteiger partial charge in [-0.25, -0.2) is 4.39 Å². The van der Waals surface area contributed by atoms with Gasteiger partial charge in [-0.1, -0.05) is 18.2 Å². The van der Waals surface area contributed by atoms with Crippen LogP contribution in [-0.4, -0.2) is 12.6 Å². The molecule has 2 aromatic rings. The average molecular weight is 245 g/mol. The third-order valence-electron chi connectivity index (χ3n) is 3.12. The third kappa shape index (κ3) is 2.62. The molecule has 0 aliphatic heterocycles. The van der Waals surface area contributed by atoms with E-state index in [0.29, 0.717) is 11.3 Å². The molecule has 1 heterocycles. The SMILES string of the molecule is Fc1cccc2cc(/C=C/CCNC3CC3)oc12. The summed E-state index contributed by atoms with van der Waals surface area (Å²) < 4.78 is 18.9. The standard InChI is InChI=1S/C15H16FNO/c16-14-6-3-4-11-10-13(18-15(11)14)5-1-2-9-17-12-7-8-12/h1,3-6,10,12,17H,2,7-9H2/b5-1+. The summed E-state index contributed by atoms with van der Waals surface area (Å²) in [6, 6.07) is 7.58. The van der Waals surface area contributed by atoms with Gasteiger partial charge < -0.3 is 9.73 Å². The van der Waals surface area contributed by atoms with Crippen molar-refractivity contribution in [3.05, 3.63) is 41.9 Å². The van der Waals surface area contributed by atoms with Crippen molar-refractivity contribution in [1.29, 1.82) is 0 Å². The minimum Gasteiger partial charge on any atom is -0.454 e. The van der Waals surface area contributed by atoms with Crippen LogP contribution in [0.1, 0.15) is 25.0 Å². The van der Waals surface area contributed by atoms with Crippen LogP contribution in [0.4, 0.5) is 4.39 Å². The normalized spacial score (nSPS) is 15.8. The Bertz CT molecular complexity index is 569. The lowest BCUT2D eigenvalue weighted by molar-refractivity contribution is 0.554. The number of furan rings is 1. The number of benzene rings is 1. The fourth-order valence-corrected chi connectivity index (χ4v) is 1.99.